The number of hydrogen-bond donors (Lipinski definition) is 0. The number of aromatic nitrogens is 2. The minimum absolute atomic E-state index is 0.235. The standard InChI is InChI=1S/C13H15BrN2O2S2/c1-7-15-11(8-5-9(14)20-12(8)16-7)19-6-10(17)18-13(2,3)4/h5H,6H2,1-4H3. The zero-order valence-corrected chi connectivity index (χ0v) is 14.9. The van der Waals surface area contributed by atoms with Gasteiger partial charge >= 0.3 is 5.97 Å². The number of carbonyl (C=O) groups excluding carboxylic acids is 1. The predicted octanol–water partition coefficient (Wildman–Crippen LogP) is 4.20. The van der Waals surface area contributed by atoms with Crippen molar-refractivity contribution in [3.05, 3.63) is 15.7 Å². The average Bonchev–Trinajstić information content (AvgIpc) is 2.63. The molecule has 0 spiro atoms. The number of nitrogens with zero attached hydrogens (tertiary/aromatic N) is 2. The van der Waals surface area contributed by atoms with Crippen molar-refractivity contribution in [3.8, 4) is 0 Å². The minimum Gasteiger partial charge on any atom is -0.459 e. The number of thioether (sulfide) groups is 1. The molecule has 0 saturated heterocycles. The van der Waals surface area contributed by atoms with Gasteiger partial charge in [-0.2, -0.15) is 0 Å². The molecule has 0 aliphatic rings. The second kappa shape index (κ2) is 5.99. The Morgan fingerprint density at radius 1 is 1.45 bits per heavy atom. The van der Waals surface area contributed by atoms with Crippen LogP contribution in [0.25, 0.3) is 10.2 Å². The highest BCUT2D eigenvalue weighted by Crippen LogP contribution is 2.34. The summed E-state index contributed by atoms with van der Waals surface area (Å²) in [5.41, 5.74) is -0.458. The van der Waals surface area contributed by atoms with Gasteiger partial charge in [0.1, 0.15) is 21.3 Å². The van der Waals surface area contributed by atoms with E-state index in [2.05, 4.69) is 25.9 Å². The van der Waals surface area contributed by atoms with Crippen molar-refractivity contribution in [3.63, 3.8) is 0 Å². The van der Waals surface area contributed by atoms with Crippen LogP contribution in [0.5, 0.6) is 0 Å². The Hall–Kier alpha value is -0.660. The van der Waals surface area contributed by atoms with Gasteiger partial charge in [0.2, 0.25) is 0 Å². The molecule has 0 aliphatic heterocycles. The van der Waals surface area contributed by atoms with Crippen molar-refractivity contribution < 1.29 is 9.53 Å². The smallest absolute Gasteiger partial charge is 0.316 e. The first-order chi connectivity index (χ1) is 9.24. The Kier molecular flexibility index (Phi) is 4.71. The zero-order valence-electron chi connectivity index (χ0n) is 11.7. The maximum Gasteiger partial charge on any atom is 0.316 e. The summed E-state index contributed by atoms with van der Waals surface area (Å²) >= 11 is 6.40. The van der Waals surface area contributed by atoms with E-state index in [0.29, 0.717) is 5.82 Å². The lowest BCUT2D eigenvalue weighted by Gasteiger charge is -2.19. The van der Waals surface area contributed by atoms with E-state index < -0.39 is 5.60 Å². The van der Waals surface area contributed by atoms with Gasteiger partial charge in [0.05, 0.1) is 9.54 Å². The van der Waals surface area contributed by atoms with Crippen LogP contribution in [0.2, 0.25) is 0 Å². The third-order valence-electron chi connectivity index (χ3n) is 2.19. The van der Waals surface area contributed by atoms with Gasteiger partial charge in [-0.1, -0.05) is 11.8 Å². The first-order valence-electron chi connectivity index (χ1n) is 6.03. The van der Waals surface area contributed by atoms with Crippen molar-refractivity contribution in [1.29, 1.82) is 0 Å². The van der Waals surface area contributed by atoms with Crippen LogP contribution in [0.4, 0.5) is 0 Å². The number of hydrogen-bond acceptors (Lipinski definition) is 6. The molecule has 108 valence electrons. The molecular weight excluding hydrogens is 360 g/mol. The monoisotopic (exact) mass is 374 g/mol. The second-order valence-electron chi connectivity index (χ2n) is 5.22. The summed E-state index contributed by atoms with van der Waals surface area (Å²) in [5.74, 6) is 0.718. The summed E-state index contributed by atoms with van der Waals surface area (Å²) in [6.07, 6.45) is 0. The maximum absolute atomic E-state index is 11.8. The predicted molar refractivity (Wildman–Crippen MR) is 86.4 cm³/mol. The van der Waals surface area contributed by atoms with Crippen LogP contribution in [-0.2, 0) is 9.53 Å². The molecule has 0 atom stereocenters. The van der Waals surface area contributed by atoms with Crippen LogP contribution in [0.1, 0.15) is 26.6 Å². The van der Waals surface area contributed by atoms with E-state index in [1.165, 1.54) is 11.8 Å². The molecule has 2 aromatic rings. The fraction of sp³-hybridized carbons (Fsp3) is 0.462. The highest BCUT2D eigenvalue weighted by Gasteiger charge is 2.17. The van der Waals surface area contributed by atoms with Gasteiger partial charge < -0.3 is 4.74 Å². The van der Waals surface area contributed by atoms with Gasteiger partial charge in [0, 0.05) is 5.39 Å². The fourth-order valence-corrected chi connectivity index (χ4v) is 3.96. The van der Waals surface area contributed by atoms with Crippen LogP contribution in [0, 0.1) is 6.92 Å². The second-order valence-corrected chi connectivity index (χ2v) is 8.59. The van der Waals surface area contributed by atoms with Gasteiger partial charge in [0.25, 0.3) is 0 Å². The van der Waals surface area contributed by atoms with Crippen LogP contribution in [0.15, 0.2) is 14.9 Å². The van der Waals surface area contributed by atoms with Crippen LogP contribution in [0.3, 0.4) is 0 Å². The van der Waals surface area contributed by atoms with Gasteiger partial charge in [-0.05, 0) is 49.7 Å². The molecule has 20 heavy (non-hydrogen) atoms. The molecule has 0 unspecified atom stereocenters. The lowest BCUT2D eigenvalue weighted by atomic mass is 10.2. The average molecular weight is 375 g/mol. The number of rotatable bonds is 3. The van der Waals surface area contributed by atoms with Crippen molar-refractivity contribution in [1.82, 2.24) is 9.97 Å². The van der Waals surface area contributed by atoms with E-state index in [4.69, 9.17) is 4.74 Å². The third kappa shape index (κ3) is 4.17. The van der Waals surface area contributed by atoms with E-state index in [-0.39, 0.29) is 11.7 Å². The molecule has 4 nitrogen and oxygen atoms in total. The molecule has 0 saturated carbocycles. The summed E-state index contributed by atoms with van der Waals surface area (Å²) in [7, 11) is 0. The van der Waals surface area contributed by atoms with E-state index in [1.807, 2.05) is 33.8 Å². The summed E-state index contributed by atoms with van der Waals surface area (Å²) in [6.45, 7) is 7.43. The Labute approximate surface area is 134 Å². The number of ether oxygens (including phenoxy) is 1. The van der Waals surface area contributed by atoms with Crippen LogP contribution >= 0.6 is 39.0 Å². The van der Waals surface area contributed by atoms with Gasteiger partial charge in [0.15, 0.2) is 0 Å². The molecule has 0 aromatic carbocycles. The molecule has 0 radical (unpaired) electrons. The molecule has 0 aliphatic carbocycles. The molecule has 0 bridgehead atoms. The van der Waals surface area contributed by atoms with E-state index in [9.17, 15) is 4.79 Å². The molecular formula is C13H15BrN2O2S2. The number of esters is 1. The number of halogens is 1. The van der Waals surface area contributed by atoms with Gasteiger partial charge in [-0.3, -0.25) is 4.79 Å². The van der Waals surface area contributed by atoms with Crippen molar-refractivity contribution in [2.24, 2.45) is 0 Å². The molecule has 2 heterocycles. The van der Waals surface area contributed by atoms with E-state index in [0.717, 1.165) is 19.0 Å². The first kappa shape index (κ1) is 15.7. The van der Waals surface area contributed by atoms with Gasteiger partial charge in [-0.25, -0.2) is 9.97 Å². The van der Waals surface area contributed by atoms with E-state index in [1.54, 1.807) is 11.3 Å². The topological polar surface area (TPSA) is 52.1 Å². The number of fused-ring (bicyclic) bond motifs is 1. The molecule has 0 amide bonds. The molecule has 7 heteroatoms. The molecule has 0 fully saturated rings. The van der Waals surface area contributed by atoms with E-state index >= 15 is 0 Å². The Morgan fingerprint density at radius 3 is 2.80 bits per heavy atom. The number of thiophene rings is 1. The number of carbonyl (C=O) groups is 1. The summed E-state index contributed by atoms with van der Waals surface area (Å²) < 4.78 is 6.30. The Balaban J connectivity index is 2.15. The SMILES string of the molecule is Cc1nc(SCC(=O)OC(C)(C)C)c2cc(Br)sc2n1. The Bertz CT molecular complexity index is 650. The molecule has 0 N–H and O–H groups in total. The largest absolute Gasteiger partial charge is 0.459 e. The first-order valence-corrected chi connectivity index (χ1v) is 8.62. The highest BCUT2D eigenvalue weighted by atomic mass is 79.9. The minimum atomic E-state index is -0.458. The Morgan fingerprint density at radius 2 is 2.15 bits per heavy atom. The summed E-state index contributed by atoms with van der Waals surface area (Å²) in [6, 6.07) is 1.98. The zero-order chi connectivity index (χ0) is 14.9. The quantitative estimate of drug-likeness (QED) is 0.457. The lowest BCUT2D eigenvalue weighted by Crippen LogP contribution is -2.24. The molecule has 2 aromatic heterocycles. The fourth-order valence-electron chi connectivity index (χ4n) is 1.58. The third-order valence-corrected chi connectivity index (χ3v) is 4.68. The highest BCUT2D eigenvalue weighted by molar-refractivity contribution is 9.11. The summed E-state index contributed by atoms with van der Waals surface area (Å²) in [4.78, 5) is 21.5. The lowest BCUT2D eigenvalue weighted by molar-refractivity contribution is -0.151. The summed E-state index contributed by atoms with van der Waals surface area (Å²) in [5, 5.41) is 1.79. The van der Waals surface area contributed by atoms with Crippen molar-refractivity contribution in [2.75, 3.05) is 5.75 Å². The normalized spacial score (nSPS) is 11.8. The van der Waals surface area contributed by atoms with Crippen LogP contribution < -0.4 is 0 Å². The van der Waals surface area contributed by atoms with Gasteiger partial charge in [-0.15, -0.1) is 11.3 Å². The maximum atomic E-state index is 11.8. The molecule has 2 rings (SSSR count). The van der Waals surface area contributed by atoms with Crippen molar-refractivity contribution in [2.45, 2.75) is 38.3 Å². The number of aryl methyl sites for hydroxylation is 1. The van der Waals surface area contributed by atoms with Crippen molar-refractivity contribution >= 4 is 55.2 Å². The van der Waals surface area contributed by atoms with Crippen LogP contribution in [-0.4, -0.2) is 27.3 Å².